The van der Waals surface area contributed by atoms with Gasteiger partial charge in [-0.2, -0.15) is 13.0 Å². The van der Waals surface area contributed by atoms with E-state index in [4.69, 9.17) is 4.74 Å². The van der Waals surface area contributed by atoms with E-state index in [0.717, 1.165) is 68.3 Å². The minimum Gasteiger partial charge on any atom is -0.507 e. The fourth-order valence-electron chi connectivity index (χ4n) is 10.4. The summed E-state index contributed by atoms with van der Waals surface area (Å²) in [7, 11) is -4.42. The number of fused-ring (bicyclic) bond motifs is 3. The number of unbranched alkanes of at least 4 members (excludes halogenated alkanes) is 2. The topological polar surface area (TPSA) is 186 Å². The second-order valence-corrected chi connectivity index (χ2v) is 22.0. The molecule has 4 heterocycles. The van der Waals surface area contributed by atoms with Crippen LogP contribution < -0.4 is 20.3 Å². The summed E-state index contributed by atoms with van der Waals surface area (Å²) in [6.45, 7) is 20.3. The van der Waals surface area contributed by atoms with Crippen LogP contribution in [0, 0.1) is 27.7 Å². The Morgan fingerprint density at radius 3 is 2.21 bits per heavy atom. The summed E-state index contributed by atoms with van der Waals surface area (Å²) < 4.78 is 42.9. The molecule has 0 saturated heterocycles. The largest absolute Gasteiger partial charge is 0.507 e. The molecule has 4 aliphatic rings. The van der Waals surface area contributed by atoms with Gasteiger partial charge in [0.15, 0.2) is 11.3 Å². The molecule has 14 nitrogen and oxygen atoms in total. The lowest BCUT2D eigenvalue weighted by atomic mass is 9.81. The number of imide groups is 1. The van der Waals surface area contributed by atoms with Gasteiger partial charge >= 0.3 is 0 Å². The van der Waals surface area contributed by atoms with Crippen molar-refractivity contribution >= 4 is 50.8 Å². The van der Waals surface area contributed by atoms with Crippen molar-refractivity contribution < 1.29 is 46.6 Å². The van der Waals surface area contributed by atoms with Crippen LogP contribution in [-0.2, 0) is 46.5 Å². The zero-order valence-corrected chi connectivity index (χ0v) is 44.0. The number of carbonyl (C=O) groups is 4. The lowest BCUT2D eigenvalue weighted by molar-refractivity contribution is -0.438. The summed E-state index contributed by atoms with van der Waals surface area (Å²) in [5, 5.41) is 16.6. The molecule has 3 aromatic rings. The third-order valence-electron chi connectivity index (χ3n) is 14.8. The van der Waals surface area contributed by atoms with Gasteiger partial charge in [-0.3, -0.25) is 28.6 Å². The third kappa shape index (κ3) is 10.9. The summed E-state index contributed by atoms with van der Waals surface area (Å²) in [5.74, 6) is -0.0754. The molecule has 15 heteroatoms. The smallest absolute Gasteiger partial charge is 0.294 e. The number of phenols is 1. The molecule has 0 radical (unpaired) electrons. The fraction of sp³-hybridized carbons (Fsp3) is 0.421. The van der Waals surface area contributed by atoms with Crippen molar-refractivity contribution in [2.24, 2.45) is 0 Å². The number of ether oxygens (including phenoxy) is 1. The molecule has 72 heavy (non-hydrogen) atoms. The first-order chi connectivity index (χ1) is 34.0. The number of phenolic OH excluding ortho intramolecular Hbond substituents is 1. The lowest BCUT2D eigenvalue weighted by Crippen LogP contribution is -2.51. The molecule has 4 amide bonds. The highest BCUT2D eigenvalue weighted by Crippen LogP contribution is 2.48. The van der Waals surface area contributed by atoms with Crippen molar-refractivity contribution in [3.8, 4) is 11.5 Å². The van der Waals surface area contributed by atoms with Gasteiger partial charge in [-0.1, -0.05) is 61.9 Å². The zero-order valence-electron chi connectivity index (χ0n) is 43.1. The molecule has 1 atom stereocenters. The maximum absolute atomic E-state index is 13.7. The van der Waals surface area contributed by atoms with Gasteiger partial charge in [0.05, 0.1) is 10.3 Å². The van der Waals surface area contributed by atoms with Crippen LogP contribution in [0.1, 0.15) is 112 Å². The Morgan fingerprint density at radius 1 is 0.778 bits per heavy atom. The molecular weight excluding hydrogens is 931 g/mol. The molecule has 7 rings (SSSR count). The number of allylic oxidation sites excluding steroid dienone is 8. The van der Waals surface area contributed by atoms with Gasteiger partial charge in [0.1, 0.15) is 18.0 Å². The van der Waals surface area contributed by atoms with E-state index >= 15 is 0 Å². The summed E-state index contributed by atoms with van der Waals surface area (Å²) in [6, 6.07) is 11.3. The highest BCUT2D eigenvalue weighted by molar-refractivity contribution is 7.85. The minimum atomic E-state index is -4.42. The van der Waals surface area contributed by atoms with Gasteiger partial charge in [0.2, 0.25) is 11.6 Å². The number of benzene rings is 3. The number of nitrogens with one attached hydrogen (secondary N) is 2. The Morgan fingerprint density at radius 2 is 1.49 bits per heavy atom. The summed E-state index contributed by atoms with van der Waals surface area (Å²) >= 11 is 0. The predicted octanol–water partition coefficient (Wildman–Crippen LogP) is 8.49. The number of aromatic hydroxyl groups is 1. The average Bonchev–Trinajstić information content (AvgIpc) is 3.84. The van der Waals surface area contributed by atoms with Crippen molar-refractivity contribution in [3.63, 3.8) is 0 Å². The molecule has 1 unspecified atom stereocenters. The van der Waals surface area contributed by atoms with Crippen LogP contribution in [0.4, 0.5) is 11.4 Å². The Kier molecular flexibility index (Phi) is 15.7. The third-order valence-corrected chi connectivity index (χ3v) is 15.7. The van der Waals surface area contributed by atoms with Gasteiger partial charge in [-0.15, -0.1) is 0 Å². The normalized spacial score (nSPS) is 19.6. The zero-order chi connectivity index (χ0) is 52.3. The van der Waals surface area contributed by atoms with E-state index in [0.29, 0.717) is 63.2 Å². The van der Waals surface area contributed by atoms with Crippen molar-refractivity contribution in [1.82, 2.24) is 15.5 Å². The van der Waals surface area contributed by atoms with Gasteiger partial charge in [-0.25, -0.2) is 0 Å². The number of nitrogens with zero attached hydrogens (tertiary/aromatic N) is 3. The van der Waals surface area contributed by atoms with Crippen LogP contribution in [-0.4, -0.2) is 95.2 Å². The van der Waals surface area contributed by atoms with E-state index in [1.165, 1.54) is 29.3 Å². The van der Waals surface area contributed by atoms with Crippen molar-refractivity contribution in [3.05, 3.63) is 136 Å². The molecule has 0 aliphatic carbocycles. The summed E-state index contributed by atoms with van der Waals surface area (Å²) in [4.78, 5) is 53.1. The van der Waals surface area contributed by atoms with Crippen LogP contribution in [0.2, 0.25) is 0 Å². The van der Waals surface area contributed by atoms with Gasteiger partial charge in [0.25, 0.3) is 27.8 Å². The molecule has 4 N–H and O–H groups in total. The van der Waals surface area contributed by atoms with Crippen LogP contribution in [0.15, 0.2) is 102 Å². The van der Waals surface area contributed by atoms with E-state index in [1.807, 2.05) is 78.0 Å². The lowest BCUT2D eigenvalue weighted by Gasteiger charge is -2.36. The Hall–Kier alpha value is -6.58. The Labute approximate surface area is 424 Å². The highest BCUT2D eigenvalue weighted by Gasteiger charge is 2.45. The Balaban J connectivity index is 0.992. The second kappa shape index (κ2) is 21.3. The van der Waals surface area contributed by atoms with Crippen LogP contribution in [0.25, 0.3) is 0 Å². The first kappa shape index (κ1) is 53.2. The van der Waals surface area contributed by atoms with Crippen LogP contribution in [0.5, 0.6) is 11.5 Å². The molecule has 3 aromatic carbocycles. The van der Waals surface area contributed by atoms with Crippen molar-refractivity contribution in [1.29, 1.82) is 0 Å². The molecule has 0 fully saturated rings. The summed E-state index contributed by atoms with van der Waals surface area (Å²) in [6.07, 6.45) is 20.8. The summed E-state index contributed by atoms with van der Waals surface area (Å²) in [5.41, 5.74) is 8.81. The number of rotatable bonds is 19. The predicted molar refractivity (Wildman–Crippen MR) is 281 cm³/mol. The van der Waals surface area contributed by atoms with E-state index in [2.05, 4.69) is 65.2 Å². The SMILES string of the molecule is Cc1ccc2c(c1)C(C)(C)C(=CC=CC=CC=CC1=[N+](CCCCCC(=O)NCCN3C(=O)C=CC3=O)c3ccc(S(=O)(=O)O)cc3C1(C)C)N2CCCNC(=O)C1(C)CCc2c(C)c(O)c(C)c(C)c2O1. The highest BCUT2D eigenvalue weighted by atomic mass is 32.2. The van der Waals surface area contributed by atoms with E-state index < -0.39 is 21.1 Å². The molecule has 0 bridgehead atoms. The monoisotopic (exact) mass is 1000 g/mol. The van der Waals surface area contributed by atoms with Gasteiger partial charge < -0.3 is 25.4 Å². The molecular formula is C57H70N5O9S+. The van der Waals surface area contributed by atoms with Gasteiger partial charge in [-0.05, 0) is 121 Å². The van der Waals surface area contributed by atoms with E-state index in [9.17, 15) is 37.3 Å². The maximum atomic E-state index is 13.7. The van der Waals surface area contributed by atoms with E-state index in [1.54, 1.807) is 12.1 Å². The molecule has 382 valence electrons. The quantitative estimate of drug-likeness (QED) is 0.0299. The molecule has 0 saturated carbocycles. The van der Waals surface area contributed by atoms with Crippen molar-refractivity contribution in [2.45, 2.75) is 129 Å². The first-order valence-corrected chi connectivity index (χ1v) is 26.4. The van der Waals surface area contributed by atoms with Crippen molar-refractivity contribution in [2.75, 3.05) is 37.6 Å². The number of anilines is 1. The second-order valence-electron chi connectivity index (χ2n) is 20.6. The fourth-order valence-corrected chi connectivity index (χ4v) is 10.9. The number of hydrogen-bond acceptors (Lipinski definition) is 9. The van der Waals surface area contributed by atoms with Crippen LogP contribution >= 0.6 is 0 Å². The van der Waals surface area contributed by atoms with Crippen LogP contribution in [0.3, 0.4) is 0 Å². The first-order valence-electron chi connectivity index (χ1n) is 24.9. The minimum absolute atomic E-state index is 0.120. The number of amides is 4. The standard InChI is InChI=1S/C57H69N5O9S/c1-37-22-24-45-43(35-37)55(5,6)47(61(45)33-18-30-59-54(67)57(9)29-28-42-40(4)52(66)38(2)39(3)53(42)71-57)19-14-11-10-12-15-20-48-56(7,8)44-36-41(72(68,69)70)23-25-46(44)60(48)32-17-13-16-21-49(63)58-31-34-62-50(64)26-27-51(62)65/h10-12,14-15,19-20,22-27,35-36H,13,16-18,21,28-34H2,1-9H3,(H3-,58,59,63,66,67,68,69,70)/p+1. The average molecular weight is 1000 g/mol. The number of carbonyl (C=O) groups excluding carboxylic acids is 4. The Bertz CT molecular complexity index is 2980. The number of aryl methyl sites for hydroxylation is 1. The van der Waals surface area contributed by atoms with Gasteiger partial charge in [0, 0.05) is 97.7 Å². The molecule has 4 aliphatic heterocycles. The number of hydrogen-bond donors (Lipinski definition) is 4. The molecule has 0 aromatic heterocycles. The maximum Gasteiger partial charge on any atom is 0.294 e. The van der Waals surface area contributed by atoms with E-state index in [-0.39, 0.29) is 47.0 Å². The molecule has 0 spiro atoms.